The normalized spacial score (nSPS) is 13.2. The Morgan fingerprint density at radius 3 is 2.50 bits per heavy atom. The molecule has 14 heavy (non-hydrogen) atoms. The first-order valence-electron chi connectivity index (χ1n) is 4.93. The van der Waals surface area contributed by atoms with Gasteiger partial charge >= 0.3 is 0 Å². The zero-order chi connectivity index (χ0) is 10.6. The van der Waals surface area contributed by atoms with Gasteiger partial charge in [0.15, 0.2) is 0 Å². The van der Waals surface area contributed by atoms with E-state index in [0.717, 1.165) is 10.8 Å². The van der Waals surface area contributed by atoms with E-state index in [-0.39, 0.29) is 0 Å². The van der Waals surface area contributed by atoms with Crippen molar-refractivity contribution in [2.24, 2.45) is 0 Å². The van der Waals surface area contributed by atoms with Crippen LogP contribution in [0.1, 0.15) is 18.1 Å². The van der Waals surface area contributed by atoms with Crippen molar-refractivity contribution in [1.82, 2.24) is 4.90 Å². The smallest absolute Gasteiger partial charge is 0.0247 e. The minimum atomic E-state index is 0.611. The van der Waals surface area contributed by atoms with Gasteiger partial charge in [-0.3, -0.25) is 0 Å². The molecule has 78 valence electrons. The fraction of sp³-hybridized carbons (Fsp3) is 0.500. The second-order valence-corrected chi connectivity index (χ2v) is 4.73. The van der Waals surface area contributed by atoms with Crippen molar-refractivity contribution in [3.05, 3.63) is 35.4 Å². The van der Waals surface area contributed by atoms with Crippen molar-refractivity contribution >= 4 is 22.6 Å². The molecule has 0 saturated carbocycles. The van der Waals surface area contributed by atoms with Gasteiger partial charge in [-0.05, 0) is 38.6 Å². The van der Waals surface area contributed by atoms with E-state index >= 15 is 0 Å². The van der Waals surface area contributed by atoms with Gasteiger partial charge in [0, 0.05) is 10.5 Å². The average Bonchev–Trinajstić information content (AvgIpc) is 2.18. The van der Waals surface area contributed by atoms with Crippen molar-refractivity contribution in [2.45, 2.75) is 23.8 Å². The third-order valence-corrected chi connectivity index (χ3v) is 3.44. The van der Waals surface area contributed by atoms with Gasteiger partial charge in [-0.1, -0.05) is 46.9 Å². The van der Waals surface area contributed by atoms with E-state index in [1.807, 2.05) is 0 Å². The Morgan fingerprint density at radius 2 is 1.93 bits per heavy atom. The molecule has 0 aromatic heterocycles. The van der Waals surface area contributed by atoms with Crippen LogP contribution in [-0.2, 0) is 10.8 Å². The minimum Gasteiger partial charge on any atom is -0.306 e. The summed E-state index contributed by atoms with van der Waals surface area (Å²) in [5.41, 5.74) is 2.87. The van der Waals surface area contributed by atoms with Crippen LogP contribution in [0.15, 0.2) is 24.3 Å². The highest BCUT2D eigenvalue weighted by atomic mass is 127. The van der Waals surface area contributed by atoms with Crippen LogP contribution in [0.5, 0.6) is 0 Å². The maximum absolute atomic E-state index is 2.41. The van der Waals surface area contributed by atoms with Gasteiger partial charge in [-0.15, -0.1) is 0 Å². The molecule has 1 nitrogen and oxygen atoms in total. The van der Waals surface area contributed by atoms with Crippen molar-refractivity contribution < 1.29 is 0 Å². The first-order valence-corrected chi connectivity index (χ1v) is 6.46. The monoisotopic (exact) mass is 303 g/mol. The number of alkyl halides is 1. The Balaban J connectivity index is 2.66. The first kappa shape index (κ1) is 12.0. The van der Waals surface area contributed by atoms with Crippen molar-refractivity contribution in [3.63, 3.8) is 0 Å². The number of nitrogens with zero attached hydrogens (tertiary/aromatic N) is 1. The fourth-order valence-electron chi connectivity index (χ4n) is 1.36. The van der Waals surface area contributed by atoms with Crippen LogP contribution in [0.25, 0.3) is 0 Å². The molecule has 1 aromatic carbocycles. The van der Waals surface area contributed by atoms with E-state index in [4.69, 9.17) is 0 Å². The summed E-state index contributed by atoms with van der Waals surface area (Å²) in [5.74, 6) is 0. The molecule has 2 heteroatoms. The average molecular weight is 303 g/mol. The number of halogens is 1. The van der Waals surface area contributed by atoms with Gasteiger partial charge in [0.25, 0.3) is 0 Å². The van der Waals surface area contributed by atoms with E-state index in [0.29, 0.717) is 6.04 Å². The summed E-state index contributed by atoms with van der Waals surface area (Å²) in [6, 6.07) is 9.49. The van der Waals surface area contributed by atoms with Gasteiger partial charge in [0.2, 0.25) is 0 Å². The Bertz CT molecular complexity index is 283. The van der Waals surface area contributed by atoms with Crippen LogP contribution in [0, 0.1) is 0 Å². The SMILES string of the molecule is C[C@H](Cc1cccc(CI)c1)N(C)C. The number of hydrogen-bond donors (Lipinski definition) is 0. The molecule has 0 N–H and O–H groups in total. The highest BCUT2D eigenvalue weighted by molar-refractivity contribution is 14.1. The third kappa shape index (κ3) is 3.58. The molecule has 0 radical (unpaired) electrons. The molecule has 0 unspecified atom stereocenters. The molecular formula is C12H18IN. The molecule has 0 aliphatic rings. The largest absolute Gasteiger partial charge is 0.306 e. The lowest BCUT2D eigenvalue weighted by Gasteiger charge is -2.19. The fourth-order valence-corrected chi connectivity index (χ4v) is 1.84. The summed E-state index contributed by atoms with van der Waals surface area (Å²) < 4.78 is 1.10. The van der Waals surface area contributed by atoms with Crippen LogP contribution >= 0.6 is 22.6 Å². The minimum absolute atomic E-state index is 0.611. The number of hydrogen-bond acceptors (Lipinski definition) is 1. The number of rotatable bonds is 4. The Hall–Kier alpha value is -0.0900. The lowest BCUT2D eigenvalue weighted by molar-refractivity contribution is 0.312. The van der Waals surface area contributed by atoms with Crippen LogP contribution in [0.4, 0.5) is 0 Å². The van der Waals surface area contributed by atoms with Gasteiger partial charge in [-0.2, -0.15) is 0 Å². The molecule has 1 rings (SSSR count). The molecule has 0 spiro atoms. The quantitative estimate of drug-likeness (QED) is 0.610. The summed E-state index contributed by atoms with van der Waals surface area (Å²) in [6.45, 7) is 2.26. The molecule has 1 aromatic rings. The highest BCUT2D eigenvalue weighted by Crippen LogP contribution is 2.12. The molecule has 0 amide bonds. The maximum atomic E-state index is 2.41. The van der Waals surface area contributed by atoms with Crippen LogP contribution in [-0.4, -0.2) is 25.0 Å². The summed E-state index contributed by atoms with van der Waals surface area (Å²) >= 11 is 2.41. The zero-order valence-corrected chi connectivity index (χ0v) is 11.3. The lowest BCUT2D eigenvalue weighted by Crippen LogP contribution is -2.26. The maximum Gasteiger partial charge on any atom is 0.0247 e. The first-order chi connectivity index (χ1) is 6.63. The highest BCUT2D eigenvalue weighted by Gasteiger charge is 2.05. The van der Waals surface area contributed by atoms with Gasteiger partial charge in [0.05, 0.1) is 0 Å². The van der Waals surface area contributed by atoms with Gasteiger partial charge in [-0.25, -0.2) is 0 Å². The molecule has 0 aliphatic heterocycles. The summed E-state index contributed by atoms with van der Waals surface area (Å²) in [6.07, 6.45) is 1.14. The predicted molar refractivity (Wildman–Crippen MR) is 71.0 cm³/mol. The second-order valence-electron chi connectivity index (χ2n) is 3.97. The van der Waals surface area contributed by atoms with Crippen LogP contribution in [0.3, 0.4) is 0 Å². The van der Waals surface area contributed by atoms with Crippen molar-refractivity contribution in [3.8, 4) is 0 Å². The van der Waals surface area contributed by atoms with Crippen molar-refractivity contribution in [1.29, 1.82) is 0 Å². The van der Waals surface area contributed by atoms with E-state index in [1.165, 1.54) is 11.1 Å². The van der Waals surface area contributed by atoms with E-state index in [2.05, 4.69) is 72.8 Å². The predicted octanol–water partition coefficient (Wildman–Crippen LogP) is 3.11. The number of likely N-dealkylation sites (N-methyl/N-ethyl adjacent to an activating group) is 1. The van der Waals surface area contributed by atoms with E-state index in [9.17, 15) is 0 Å². The summed E-state index contributed by atoms with van der Waals surface area (Å²) in [4.78, 5) is 2.26. The lowest BCUT2D eigenvalue weighted by atomic mass is 10.0. The molecule has 0 saturated heterocycles. The second kappa shape index (κ2) is 5.71. The van der Waals surface area contributed by atoms with E-state index < -0.39 is 0 Å². The Kier molecular flexibility index (Phi) is 4.89. The molecule has 0 aliphatic carbocycles. The van der Waals surface area contributed by atoms with E-state index in [1.54, 1.807) is 0 Å². The Labute approximate surface area is 101 Å². The van der Waals surface area contributed by atoms with Gasteiger partial charge in [0.1, 0.15) is 0 Å². The molecular weight excluding hydrogens is 285 g/mol. The number of benzene rings is 1. The standard InChI is InChI=1S/C12H18IN/c1-10(14(2)3)7-11-5-4-6-12(8-11)9-13/h4-6,8,10H,7,9H2,1-3H3/t10-/m1/s1. The van der Waals surface area contributed by atoms with Crippen molar-refractivity contribution in [2.75, 3.05) is 14.1 Å². The molecule has 1 atom stereocenters. The molecule has 0 bridgehead atoms. The molecule has 0 heterocycles. The Morgan fingerprint density at radius 1 is 1.29 bits per heavy atom. The van der Waals surface area contributed by atoms with Crippen LogP contribution in [0.2, 0.25) is 0 Å². The summed E-state index contributed by atoms with van der Waals surface area (Å²) in [5, 5.41) is 0. The molecule has 0 fully saturated rings. The third-order valence-electron chi connectivity index (χ3n) is 2.56. The zero-order valence-electron chi connectivity index (χ0n) is 9.13. The van der Waals surface area contributed by atoms with Gasteiger partial charge < -0.3 is 4.90 Å². The van der Waals surface area contributed by atoms with Crippen LogP contribution < -0.4 is 0 Å². The topological polar surface area (TPSA) is 3.24 Å². The summed E-state index contributed by atoms with van der Waals surface area (Å²) in [7, 11) is 4.26.